The summed E-state index contributed by atoms with van der Waals surface area (Å²) in [6, 6.07) is 11.5. The van der Waals surface area contributed by atoms with Crippen molar-refractivity contribution in [3.8, 4) is 0 Å². The predicted octanol–water partition coefficient (Wildman–Crippen LogP) is 2.17. The number of amides is 1. The largest absolute Gasteiger partial charge is 0.665 e. The number of hydrogen-bond acceptors (Lipinski definition) is 4. The fourth-order valence-corrected chi connectivity index (χ4v) is 3.35. The number of aliphatic hydroxyl groups is 1. The quantitative estimate of drug-likeness (QED) is 0.539. The van der Waals surface area contributed by atoms with Crippen LogP contribution in [0.2, 0.25) is 0 Å². The van der Waals surface area contributed by atoms with Gasteiger partial charge in [-0.2, -0.15) is 0 Å². The van der Waals surface area contributed by atoms with Crippen LogP contribution in [-0.4, -0.2) is 39.1 Å². The van der Waals surface area contributed by atoms with Crippen LogP contribution in [0.3, 0.4) is 0 Å². The molecule has 137 valence electrons. The van der Waals surface area contributed by atoms with Crippen molar-refractivity contribution in [1.82, 2.24) is 0 Å². The number of hydrogen-bond donors (Lipinski definition) is 2. The Balaban J connectivity index is 0.00000338. The van der Waals surface area contributed by atoms with Crippen molar-refractivity contribution in [2.75, 3.05) is 23.3 Å². The van der Waals surface area contributed by atoms with E-state index in [0.29, 0.717) is 11.4 Å². The third-order valence-electron chi connectivity index (χ3n) is 3.69. The number of aryl methyl sites for hydroxylation is 1. The van der Waals surface area contributed by atoms with Crippen LogP contribution in [-0.2, 0) is 14.8 Å². The van der Waals surface area contributed by atoms with Gasteiger partial charge in [-0.3, -0.25) is 9.52 Å². The van der Waals surface area contributed by atoms with E-state index in [4.69, 9.17) is 10.8 Å². The Morgan fingerprint density at radius 1 is 1.23 bits per heavy atom. The molecule has 0 spiro atoms. The van der Waals surface area contributed by atoms with Crippen molar-refractivity contribution in [2.24, 2.45) is 0 Å². The van der Waals surface area contributed by atoms with Crippen LogP contribution in [0.5, 0.6) is 0 Å². The first-order valence-corrected chi connectivity index (χ1v) is 9.02. The average molecular weight is 589 g/mol. The van der Waals surface area contributed by atoms with E-state index >= 15 is 0 Å². The summed E-state index contributed by atoms with van der Waals surface area (Å²) in [6.07, 6.45) is 0. The Kier molecular flexibility index (Phi) is 8.70. The maximum Gasteiger partial charge on any atom is 0.261 e. The molecule has 0 aliphatic rings. The summed E-state index contributed by atoms with van der Waals surface area (Å²) in [6.45, 7) is 1.19. The number of likely N-dealkylation sites (N-methyl/N-ethyl adjacent to an activating group) is 1. The summed E-state index contributed by atoms with van der Waals surface area (Å²) in [4.78, 5) is 13.5. The number of benzene rings is 2. The summed E-state index contributed by atoms with van der Waals surface area (Å²) >= 11 is 0. The zero-order chi connectivity index (χ0) is 18.6. The molecule has 0 saturated heterocycles. The second-order valence-corrected chi connectivity index (χ2v) is 7.23. The summed E-state index contributed by atoms with van der Waals surface area (Å²) in [5.74, 6) is -0.575. The van der Waals surface area contributed by atoms with Gasteiger partial charge in [0.25, 0.3) is 10.0 Å². The molecule has 1 amide bonds. The van der Waals surface area contributed by atoms with Gasteiger partial charge in [-0.1, -0.05) is 24.3 Å². The summed E-state index contributed by atoms with van der Waals surface area (Å²) in [5, 5.41) is 8.98. The monoisotopic (exact) mass is 589 g/mol. The molecular formula is C17H20AcN3O4S-. The number of nitrogens with one attached hydrogen (secondary N) is 2. The van der Waals surface area contributed by atoms with Gasteiger partial charge in [-0.05, 0) is 42.8 Å². The van der Waals surface area contributed by atoms with E-state index < -0.39 is 28.6 Å². The van der Waals surface area contributed by atoms with Crippen molar-refractivity contribution in [2.45, 2.75) is 17.9 Å². The minimum atomic E-state index is -3.74. The summed E-state index contributed by atoms with van der Waals surface area (Å²) in [7, 11) is -2.26. The molecule has 0 aliphatic carbocycles. The molecule has 2 aromatic carbocycles. The van der Waals surface area contributed by atoms with E-state index in [-0.39, 0.29) is 49.0 Å². The van der Waals surface area contributed by atoms with Gasteiger partial charge in [-0.25, -0.2) is 8.42 Å². The van der Waals surface area contributed by atoms with E-state index in [9.17, 15) is 13.2 Å². The van der Waals surface area contributed by atoms with E-state index in [2.05, 4.69) is 4.72 Å². The van der Waals surface area contributed by atoms with Crippen LogP contribution in [0.4, 0.5) is 11.4 Å². The van der Waals surface area contributed by atoms with E-state index in [1.54, 1.807) is 37.3 Å². The fourth-order valence-electron chi connectivity index (χ4n) is 2.28. The molecule has 7 nitrogen and oxygen atoms in total. The van der Waals surface area contributed by atoms with Gasteiger partial charge in [0, 0.05) is 63.4 Å². The minimum absolute atomic E-state index is 0. The van der Waals surface area contributed by atoms with E-state index in [1.807, 2.05) is 0 Å². The van der Waals surface area contributed by atoms with Gasteiger partial charge < -0.3 is 15.7 Å². The standard InChI is InChI=1S/C17H20N3O4S.Ac/c1-12-8-9-13(10-16(12)20(2)17(22)15(18)11-21)19-25(23,24)14-6-4-3-5-7-14;/h3-10,15,18-19,21H,11H2,1-2H3;/q-1;/t15-;/m0./s1. The summed E-state index contributed by atoms with van der Waals surface area (Å²) in [5.41, 5.74) is 9.04. The van der Waals surface area contributed by atoms with Crippen molar-refractivity contribution in [3.63, 3.8) is 0 Å². The number of nitrogens with zero attached hydrogens (tertiary/aromatic N) is 1. The Hall–Kier alpha value is -0.978. The minimum Gasteiger partial charge on any atom is -0.665 e. The zero-order valence-electron chi connectivity index (χ0n) is 14.5. The maximum atomic E-state index is 12.4. The van der Waals surface area contributed by atoms with Gasteiger partial charge in [-0.15, -0.1) is 0 Å². The fraction of sp³-hybridized carbons (Fsp3) is 0.235. The van der Waals surface area contributed by atoms with E-state index in [0.717, 1.165) is 5.56 Å². The second-order valence-electron chi connectivity index (χ2n) is 5.55. The first-order chi connectivity index (χ1) is 11.8. The third kappa shape index (κ3) is 5.51. The van der Waals surface area contributed by atoms with Crippen LogP contribution in [0.25, 0.3) is 5.73 Å². The smallest absolute Gasteiger partial charge is 0.261 e. The van der Waals surface area contributed by atoms with Crippen molar-refractivity contribution < 1.29 is 62.4 Å². The Morgan fingerprint density at radius 2 is 1.85 bits per heavy atom. The molecular weight excluding hydrogens is 569 g/mol. The van der Waals surface area contributed by atoms with Gasteiger partial charge in [0.05, 0.1) is 10.6 Å². The van der Waals surface area contributed by atoms with Crippen molar-refractivity contribution in [3.05, 3.63) is 59.8 Å². The van der Waals surface area contributed by atoms with Crippen molar-refractivity contribution >= 4 is 27.3 Å². The molecule has 0 unspecified atom stereocenters. The Labute approximate surface area is 189 Å². The molecule has 26 heavy (non-hydrogen) atoms. The molecule has 1 atom stereocenters. The van der Waals surface area contributed by atoms with Crippen LogP contribution in [0.15, 0.2) is 53.4 Å². The van der Waals surface area contributed by atoms with Crippen molar-refractivity contribution in [1.29, 1.82) is 0 Å². The van der Waals surface area contributed by atoms with Gasteiger partial charge in [0.1, 0.15) is 0 Å². The first kappa shape index (κ1) is 23.1. The Bertz CT molecular complexity index is 860. The van der Waals surface area contributed by atoms with Gasteiger partial charge >= 0.3 is 0 Å². The number of sulfonamides is 1. The SMILES string of the molecule is Cc1ccc(NS(=O)(=O)c2ccccc2)cc1N(C)C(=O)[C@@H]([NH-])CO.[Ac]. The number of anilines is 2. The molecule has 2 aromatic rings. The number of rotatable bonds is 6. The van der Waals surface area contributed by atoms with E-state index in [1.165, 1.54) is 30.1 Å². The van der Waals surface area contributed by atoms with Crippen LogP contribution in [0, 0.1) is 51.0 Å². The molecule has 0 aromatic heterocycles. The number of carbonyl (C=O) groups is 1. The molecule has 0 bridgehead atoms. The molecule has 3 N–H and O–H groups in total. The third-order valence-corrected chi connectivity index (χ3v) is 5.08. The zero-order valence-corrected chi connectivity index (χ0v) is 20.1. The van der Waals surface area contributed by atoms with Gasteiger partial charge in [0.15, 0.2) is 0 Å². The maximum absolute atomic E-state index is 12.4. The molecule has 2 rings (SSSR count). The second kappa shape index (κ2) is 9.81. The normalized spacial score (nSPS) is 12.0. The predicted molar refractivity (Wildman–Crippen MR) is 97.0 cm³/mol. The average Bonchev–Trinajstić information content (AvgIpc) is 2.62. The van der Waals surface area contributed by atoms with Gasteiger partial charge in [0.2, 0.25) is 5.91 Å². The van der Waals surface area contributed by atoms with Crippen LogP contribution >= 0.6 is 0 Å². The first-order valence-electron chi connectivity index (χ1n) is 7.54. The number of carbonyl (C=O) groups excluding carboxylic acids is 1. The Morgan fingerprint density at radius 3 is 2.42 bits per heavy atom. The van der Waals surface area contributed by atoms with Crippen LogP contribution < -0.4 is 9.62 Å². The summed E-state index contributed by atoms with van der Waals surface area (Å²) < 4.78 is 27.3. The molecule has 1 radical (unpaired) electrons. The molecule has 9 heteroatoms. The molecule has 0 aliphatic heterocycles. The molecule has 0 fully saturated rings. The molecule has 0 saturated carbocycles. The molecule has 0 heterocycles. The topological polar surface area (TPSA) is 111 Å². The van der Waals surface area contributed by atoms with Crippen LogP contribution in [0.1, 0.15) is 5.56 Å². The number of aliphatic hydroxyl groups excluding tert-OH is 1.